The van der Waals surface area contributed by atoms with E-state index in [1.54, 1.807) is 0 Å². The zero-order valence-electron chi connectivity index (χ0n) is 9.24. The molecule has 1 saturated heterocycles. The SMILES string of the molecule is COC1C(O)[C@@H](CO)O[C@H]1c1cnc(=O)[nH]c1. The summed E-state index contributed by atoms with van der Waals surface area (Å²) < 4.78 is 10.6. The highest BCUT2D eigenvalue weighted by Gasteiger charge is 2.44. The van der Waals surface area contributed by atoms with Gasteiger partial charge in [0.2, 0.25) is 0 Å². The van der Waals surface area contributed by atoms with Crippen molar-refractivity contribution in [3.63, 3.8) is 0 Å². The molecule has 0 spiro atoms. The molecule has 1 fully saturated rings. The van der Waals surface area contributed by atoms with E-state index in [0.29, 0.717) is 5.56 Å². The molecule has 1 aromatic rings. The quantitative estimate of drug-likeness (QED) is 0.600. The molecule has 0 radical (unpaired) electrons. The van der Waals surface area contributed by atoms with Gasteiger partial charge in [0, 0.05) is 25.1 Å². The van der Waals surface area contributed by atoms with Crippen molar-refractivity contribution in [3.8, 4) is 0 Å². The maximum Gasteiger partial charge on any atom is 0.344 e. The lowest BCUT2D eigenvalue weighted by Gasteiger charge is -2.18. The lowest BCUT2D eigenvalue weighted by molar-refractivity contribution is -0.0236. The van der Waals surface area contributed by atoms with Crippen LogP contribution in [0.4, 0.5) is 0 Å². The van der Waals surface area contributed by atoms with Gasteiger partial charge in [-0.3, -0.25) is 0 Å². The molecule has 1 aliphatic heterocycles. The molecular weight excluding hydrogens is 228 g/mol. The normalized spacial score (nSPS) is 32.9. The molecule has 7 nitrogen and oxygen atoms in total. The molecule has 2 heterocycles. The van der Waals surface area contributed by atoms with Gasteiger partial charge in [0.1, 0.15) is 24.4 Å². The predicted octanol–water partition coefficient (Wildman–Crippen LogP) is -1.42. The Labute approximate surface area is 97.0 Å². The van der Waals surface area contributed by atoms with Crippen LogP contribution in [0.15, 0.2) is 17.2 Å². The van der Waals surface area contributed by atoms with Crippen LogP contribution >= 0.6 is 0 Å². The Balaban J connectivity index is 2.25. The number of ether oxygens (including phenoxy) is 2. The minimum Gasteiger partial charge on any atom is -0.394 e. The van der Waals surface area contributed by atoms with Gasteiger partial charge >= 0.3 is 5.69 Å². The summed E-state index contributed by atoms with van der Waals surface area (Å²) in [5, 5.41) is 18.9. The van der Waals surface area contributed by atoms with Gasteiger partial charge in [-0.15, -0.1) is 0 Å². The van der Waals surface area contributed by atoms with E-state index in [1.165, 1.54) is 19.5 Å². The standard InChI is InChI=1S/C10H14N2O5/c1-16-9-7(14)6(4-13)17-8(9)5-2-11-10(15)12-3-5/h2-3,6-9,13-14H,4H2,1H3,(H,11,12,15)/t6-,7?,8+,9?/m1/s1. The molecule has 0 aromatic carbocycles. The zero-order chi connectivity index (χ0) is 12.4. The number of H-pyrrole nitrogens is 1. The molecule has 0 amide bonds. The maximum atomic E-state index is 10.8. The molecule has 0 saturated carbocycles. The van der Waals surface area contributed by atoms with Crippen LogP contribution in [0.5, 0.6) is 0 Å². The fraction of sp³-hybridized carbons (Fsp3) is 0.600. The fourth-order valence-corrected chi connectivity index (χ4v) is 1.93. The second-order valence-corrected chi connectivity index (χ2v) is 3.82. The van der Waals surface area contributed by atoms with Gasteiger partial charge in [-0.1, -0.05) is 0 Å². The van der Waals surface area contributed by atoms with Crippen LogP contribution in [0.3, 0.4) is 0 Å². The molecule has 1 aliphatic rings. The number of hydrogen-bond donors (Lipinski definition) is 3. The summed E-state index contributed by atoms with van der Waals surface area (Å²) in [4.78, 5) is 16.8. The van der Waals surface area contributed by atoms with Crippen molar-refractivity contribution in [3.05, 3.63) is 28.4 Å². The van der Waals surface area contributed by atoms with Crippen molar-refractivity contribution >= 4 is 0 Å². The molecule has 7 heteroatoms. The van der Waals surface area contributed by atoms with Gasteiger partial charge in [0.15, 0.2) is 0 Å². The van der Waals surface area contributed by atoms with E-state index in [1.807, 2.05) is 0 Å². The molecule has 3 N–H and O–H groups in total. The average Bonchev–Trinajstić information content (AvgIpc) is 2.66. The fourth-order valence-electron chi connectivity index (χ4n) is 1.93. The molecule has 0 aliphatic carbocycles. The third kappa shape index (κ3) is 2.22. The molecule has 2 rings (SSSR count). The van der Waals surface area contributed by atoms with Crippen LogP contribution in [-0.4, -0.2) is 52.2 Å². The lowest BCUT2D eigenvalue weighted by Crippen LogP contribution is -2.33. The van der Waals surface area contributed by atoms with Gasteiger partial charge in [-0.2, -0.15) is 0 Å². The molecule has 0 bridgehead atoms. The first kappa shape index (κ1) is 12.2. The summed E-state index contributed by atoms with van der Waals surface area (Å²) in [5.74, 6) is 0. The topological polar surface area (TPSA) is 105 Å². The van der Waals surface area contributed by atoms with E-state index in [0.717, 1.165) is 0 Å². The third-order valence-electron chi connectivity index (χ3n) is 2.81. The highest BCUT2D eigenvalue weighted by atomic mass is 16.6. The molecule has 4 atom stereocenters. The summed E-state index contributed by atoms with van der Waals surface area (Å²) in [6.07, 6.45) is 0.0516. The zero-order valence-corrected chi connectivity index (χ0v) is 9.24. The number of methoxy groups -OCH3 is 1. The minimum atomic E-state index is -0.915. The van der Waals surface area contributed by atoms with Crippen LogP contribution in [0.25, 0.3) is 0 Å². The monoisotopic (exact) mass is 242 g/mol. The first-order valence-corrected chi connectivity index (χ1v) is 5.19. The maximum absolute atomic E-state index is 10.8. The van der Waals surface area contributed by atoms with Crippen molar-refractivity contribution in [2.45, 2.75) is 24.4 Å². The first-order valence-electron chi connectivity index (χ1n) is 5.19. The molecular formula is C10H14N2O5. The van der Waals surface area contributed by atoms with Crippen LogP contribution < -0.4 is 5.69 Å². The largest absolute Gasteiger partial charge is 0.394 e. The van der Waals surface area contributed by atoms with E-state index in [-0.39, 0.29) is 6.61 Å². The number of nitrogens with zero attached hydrogens (tertiary/aromatic N) is 1. The van der Waals surface area contributed by atoms with Gasteiger partial charge in [-0.25, -0.2) is 9.78 Å². The number of rotatable bonds is 3. The van der Waals surface area contributed by atoms with E-state index >= 15 is 0 Å². The van der Waals surface area contributed by atoms with Crippen LogP contribution in [0.2, 0.25) is 0 Å². The number of aliphatic hydroxyl groups is 2. The summed E-state index contributed by atoms with van der Waals surface area (Å²) >= 11 is 0. The Morgan fingerprint density at radius 1 is 1.65 bits per heavy atom. The molecule has 2 unspecified atom stereocenters. The van der Waals surface area contributed by atoms with Crippen LogP contribution in [-0.2, 0) is 9.47 Å². The Bertz CT molecular complexity index is 414. The Hall–Kier alpha value is -1.28. The summed E-state index contributed by atoms with van der Waals surface area (Å²) in [6, 6.07) is 0. The van der Waals surface area contributed by atoms with Crippen molar-refractivity contribution in [1.82, 2.24) is 9.97 Å². The van der Waals surface area contributed by atoms with E-state index in [9.17, 15) is 9.90 Å². The number of aromatic nitrogens is 2. The second kappa shape index (κ2) is 4.92. The second-order valence-electron chi connectivity index (χ2n) is 3.82. The predicted molar refractivity (Wildman–Crippen MR) is 56.4 cm³/mol. The van der Waals surface area contributed by atoms with E-state index in [4.69, 9.17) is 14.6 Å². The van der Waals surface area contributed by atoms with Gasteiger partial charge in [0.05, 0.1) is 6.61 Å². The highest BCUT2D eigenvalue weighted by Crippen LogP contribution is 2.34. The average molecular weight is 242 g/mol. The summed E-state index contributed by atoms with van der Waals surface area (Å²) in [6.45, 7) is -0.297. The van der Waals surface area contributed by atoms with Gasteiger partial charge in [-0.05, 0) is 0 Å². The lowest BCUT2D eigenvalue weighted by atomic mass is 10.0. The van der Waals surface area contributed by atoms with Gasteiger partial charge < -0.3 is 24.7 Å². The molecule has 1 aromatic heterocycles. The number of aromatic amines is 1. The van der Waals surface area contributed by atoms with E-state index in [2.05, 4.69) is 9.97 Å². The van der Waals surface area contributed by atoms with Crippen molar-refractivity contribution in [2.24, 2.45) is 0 Å². The Morgan fingerprint density at radius 3 is 2.94 bits per heavy atom. The molecule has 94 valence electrons. The Morgan fingerprint density at radius 2 is 2.41 bits per heavy atom. The summed E-state index contributed by atoms with van der Waals surface area (Å²) in [7, 11) is 1.45. The third-order valence-corrected chi connectivity index (χ3v) is 2.81. The first-order chi connectivity index (χ1) is 8.17. The summed E-state index contributed by atoms with van der Waals surface area (Å²) in [5.41, 5.74) is 0.131. The number of hydrogen-bond acceptors (Lipinski definition) is 6. The number of nitrogens with one attached hydrogen (secondary N) is 1. The van der Waals surface area contributed by atoms with Crippen LogP contribution in [0.1, 0.15) is 11.7 Å². The number of aliphatic hydroxyl groups excluding tert-OH is 2. The highest BCUT2D eigenvalue weighted by molar-refractivity contribution is 5.13. The van der Waals surface area contributed by atoms with Crippen molar-refractivity contribution < 1.29 is 19.7 Å². The van der Waals surface area contributed by atoms with Crippen molar-refractivity contribution in [2.75, 3.05) is 13.7 Å². The molecule has 17 heavy (non-hydrogen) atoms. The van der Waals surface area contributed by atoms with Crippen molar-refractivity contribution in [1.29, 1.82) is 0 Å². The minimum absolute atomic E-state index is 0.297. The van der Waals surface area contributed by atoms with E-state index < -0.39 is 30.1 Å². The smallest absolute Gasteiger partial charge is 0.344 e. The van der Waals surface area contributed by atoms with Gasteiger partial charge in [0.25, 0.3) is 0 Å². The van der Waals surface area contributed by atoms with Crippen LogP contribution in [0, 0.1) is 0 Å². The Kier molecular flexibility index (Phi) is 3.53.